The minimum absolute atomic E-state index is 0.000190. The van der Waals surface area contributed by atoms with Crippen molar-refractivity contribution < 1.29 is 4.79 Å². The second-order valence-electron chi connectivity index (χ2n) is 5.66. The molecule has 1 aromatic carbocycles. The molecule has 0 aliphatic heterocycles. The molecule has 1 aromatic rings. The number of nitrogens with zero attached hydrogens (tertiary/aromatic N) is 2. The zero-order valence-corrected chi connectivity index (χ0v) is 15.2. The number of hydrogen-bond donors (Lipinski definition) is 2. The molecular weight excluding hydrogens is 312 g/mol. The lowest BCUT2D eigenvalue weighted by molar-refractivity contribution is -0.123. The highest BCUT2D eigenvalue weighted by molar-refractivity contribution is 6.30. The highest BCUT2D eigenvalue weighted by Crippen LogP contribution is 2.10. The zero-order chi connectivity index (χ0) is 17.2. The third-order valence-corrected chi connectivity index (χ3v) is 3.48. The summed E-state index contributed by atoms with van der Waals surface area (Å²) in [5.74, 6) is 0.876. The molecule has 23 heavy (non-hydrogen) atoms. The SMILES string of the molecule is CCNC(=NCCNC(=O)C(C)C)N(C)Cc1ccc(Cl)cc1. The molecule has 0 atom stereocenters. The molecule has 0 radical (unpaired) electrons. The van der Waals surface area contributed by atoms with E-state index in [-0.39, 0.29) is 11.8 Å². The lowest BCUT2D eigenvalue weighted by atomic mass is 10.2. The van der Waals surface area contributed by atoms with E-state index in [0.29, 0.717) is 13.1 Å². The molecule has 0 saturated heterocycles. The van der Waals surface area contributed by atoms with Crippen LogP contribution in [0.1, 0.15) is 26.3 Å². The second-order valence-corrected chi connectivity index (χ2v) is 6.10. The average molecular weight is 339 g/mol. The number of rotatable bonds is 7. The van der Waals surface area contributed by atoms with Crippen molar-refractivity contribution in [2.75, 3.05) is 26.7 Å². The summed E-state index contributed by atoms with van der Waals surface area (Å²) in [6, 6.07) is 7.78. The van der Waals surface area contributed by atoms with Gasteiger partial charge in [0, 0.05) is 37.6 Å². The van der Waals surface area contributed by atoms with Crippen molar-refractivity contribution in [3.8, 4) is 0 Å². The van der Waals surface area contributed by atoms with Gasteiger partial charge >= 0.3 is 0 Å². The van der Waals surface area contributed by atoms with Gasteiger partial charge < -0.3 is 15.5 Å². The quantitative estimate of drug-likeness (QED) is 0.456. The molecule has 0 bridgehead atoms. The van der Waals surface area contributed by atoms with Gasteiger partial charge in [-0.2, -0.15) is 0 Å². The Labute approximate surface area is 144 Å². The standard InChI is InChI=1S/C17H27ClN4O/c1-5-19-17(21-11-10-20-16(23)13(2)3)22(4)12-14-6-8-15(18)9-7-14/h6-9,13H,5,10-12H2,1-4H3,(H,19,21)(H,20,23). The first-order chi connectivity index (χ1) is 10.9. The summed E-state index contributed by atoms with van der Waals surface area (Å²) in [6.07, 6.45) is 0. The van der Waals surface area contributed by atoms with E-state index >= 15 is 0 Å². The third-order valence-electron chi connectivity index (χ3n) is 3.23. The highest BCUT2D eigenvalue weighted by Gasteiger charge is 2.07. The number of halogens is 1. The maximum absolute atomic E-state index is 11.5. The summed E-state index contributed by atoms with van der Waals surface area (Å²) in [5.41, 5.74) is 1.16. The van der Waals surface area contributed by atoms with Crippen LogP contribution in [0.2, 0.25) is 5.02 Å². The summed E-state index contributed by atoms with van der Waals surface area (Å²) in [7, 11) is 1.99. The Morgan fingerprint density at radius 1 is 1.26 bits per heavy atom. The van der Waals surface area contributed by atoms with Crippen LogP contribution < -0.4 is 10.6 Å². The molecule has 0 fully saturated rings. The van der Waals surface area contributed by atoms with Crippen molar-refractivity contribution >= 4 is 23.5 Å². The number of nitrogens with one attached hydrogen (secondary N) is 2. The van der Waals surface area contributed by atoms with Crippen LogP contribution in [0.15, 0.2) is 29.3 Å². The van der Waals surface area contributed by atoms with Crippen LogP contribution in [0, 0.1) is 5.92 Å². The number of benzene rings is 1. The minimum atomic E-state index is -0.000190. The molecule has 2 N–H and O–H groups in total. The molecule has 0 aromatic heterocycles. The molecule has 5 nitrogen and oxygen atoms in total. The maximum atomic E-state index is 11.5. The monoisotopic (exact) mass is 338 g/mol. The summed E-state index contributed by atoms with van der Waals surface area (Å²) in [6.45, 7) is 8.41. The second kappa shape index (κ2) is 10.1. The summed E-state index contributed by atoms with van der Waals surface area (Å²) >= 11 is 5.91. The van der Waals surface area contributed by atoms with Gasteiger partial charge in [0.2, 0.25) is 5.91 Å². The van der Waals surface area contributed by atoms with Gasteiger partial charge in [-0.1, -0.05) is 37.6 Å². The fraction of sp³-hybridized carbons (Fsp3) is 0.529. The Morgan fingerprint density at radius 3 is 2.48 bits per heavy atom. The van der Waals surface area contributed by atoms with Crippen LogP contribution in [-0.4, -0.2) is 43.4 Å². The number of amides is 1. The van der Waals surface area contributed by atoms with Crippen LogP contribution in [0.4, 0.5) is 0 Å². The molecule has 0 heterocycles. The van der Waals surface area contributed by atoms with Crippen LogP contribution >= 0.6 is 11.6 Å². The van der Waals surface area contributed by atoms with Crippen molar-refractivity contribution in [1.29, 1.82) is 0 Å². The fourth-order valence-corrected chi connectivity index (χ4v) is 2.08. The van der Waals surface area contributed by atoms with Crippen molar-refractivity contribution in [1.82, 2.24) is 15.5 Å². The van der Waals surface area contributed by atoms with Crippen molar-refractivity contribution in [3.63, 3.8) is 0 Å². The molecule has 1 rings (SSSR count). The molecule has 6 heteroatoms. The van der Waals surface area contributed by atoms with Gasteiger partial charge in [0.15, 0.2) is 5.96 Å². The lowest BCUT2D eigenvalue weighted by Crippen LogP contribution is -2.39. The first-order valence-electron chi connectivity index (χ1n) is 7.95. The number of carbonyl (C=O) groups is 1. The Bertz CT molecular complexity index is 514. The van der Waals surface area contributed by atoms with E-state index in [4.69, 9.17) is 11.6 Å². The van der Waals surface area contributed by atoms with Crippen LogP contribution in [0.25, 0.3) is 0 Å². The van der Waals surface area contributed by atoms with Crippen molar-refractivity contribution in [3.05, 3.63) is 34.9 Å². The number of guanidine groups is 1. The molecular formula is C17H27ClN4O. The van der Waals surface area contributed by atoms with E-state index in [1.165, 1.54) is 0 Å². The predicted octanol–water partition coefficient (Wildman–Crippen LogP) is 2.51. The normalized spacial score (nSPS) is 11.5. The molecule has 0 spiro atoms. The summed E-state index contributed by atoms with van der Waals surface area (Å²) in [4.78, 5) is 18.1. The molecule has 0 unspecified atom stereocenters. The maximum Gasteiger partial charge on any atom is 0.222 e. The van der Waals surface area contributed by atoms with Crippen molar-refractivity contribution in [2.45, 2.75) is 27.3 Å². The Kier molecular flexibility index (Phi) is 8.48. The van der Waals surface area contributed by atoms with E-state index < -0.39 is 0 Å². The van der Waals surface area contributed by atoms with Crippen LogP contribution in [0.3, 0.4) is 0 Å². The van der Waals surface area contributed by atoms with Crippen LogP contribution in [0.5, 0.6) is 0 Å². The van der Waals surface area contributed by atoms with E-state index in [9.17, 15) is 4.79 Å². The highest BCUT2D eigenvalue weighted by atomic mass is 35.5. The lowest BCUT2D eigenvalue weighted by Gasteiger charge is -2.22. The first-order valence-corrected chi connectivity index (χ1v) is 8.33. The molecule has 128 valence electrons. The predicted molar refractivity (Wildman–Crippen MR) is 96.7 cm³/mol. The van der Waals surface area contributed by atoms with Gasteiger partial charge in [-0.05, 0) is 24.6 Å². The Hall–Kier alpha value is -1.75. The van der Waals surface area contributed by atoms with Crippen LogP contribution in [-0.2, 0) is 11.3 Å². The van der Waals surface area contributed by atoms with Gasteiger partial charge in [0.05, 0.1) is 6.54 Å². The minimum Gasteiger partial charge on any atom is -0.357 e. The Balaban J connectivity index is 2.56. The Morgan fingerprint density at radius 2 is 1.91 bits per heavy atom. The van der Waals surface area contributed by atoms with E-state index in [1.807, 2.05) is 52.1 Å². The first kappa shape index (κ1) is 19.3. The average Bonchev–Trinajstić information content (AvgIpc) is 2.52. The van der Waals surface area contributed by atoms with Gasteiger partial charge in [-0.25, -0.2) is 0 Å². The molecule has 0 aliphatic rings. The molecule has 0 aliphatic carbocycles. The molecule has 0 saturated carbocycles. The zero-order valence-electron chi connectivity index (χ0n) is 14.4. The van der Waals surface area contributed by atoms with E-state index in [0.717, 1.165) is 29.6 Å². The molecule has 1 amide bonds. The topological polar surface area (TPSA) is 56.7 Å². The van der Waals surface area contributed by atoms with E-state index in [2.05, 4.69) is 20.5 Å². The van der Waals surface area contributed by atoms with Crippen molar-refractivity contribution in [2.24, 2.45) is 10.9 Å². The van der Waals surface area contributed by atoms with Gasteiger partial charge in [0.25, 0.3) is 0 Å². The summed E-state index contributed by atoms with van der Waals surface area (Å²) < 4.78 is 0. The van der Waals surface area contributed by atoms with Gasteiger partial charge in [-0.15, -0.1) is 0 Å². The van der Waals surface area contributed by atoms with Gasteiger partial charge in [-0.3, -0.25) is 9.79 Å². The third kappa shape index (κ3) is 7.37. The number of carbonyl (C=O) groups excluding carboxylic acids is 1. The van der Waals surface area contributed by atoms with E-state index in [1.54, 1.807) is 0 Å². The largest absolute Gasteiger partial charge is 0.357 e. The number of hydrogen-bond acceptors (Lipinski definition) is 2. The summed E-state index contributed by atoms with van der Waals surface area (Å²) in [5, 5.41) is 6.86. The smallest absolute Gasteiger partial charge is 0.222 e. The number of aliphatic imine (C=N–C) groups is 1. The fourth-order valence-electron chi connectivity index (χ4n) is 1.95. The van der Waals surface area contributed by atoms with Gasteiger partial charge in [0.1, 0.15) is 0 Å².